The van der Waals surface area contributed by atoms with E-state index < -0.39 is 11.7 Å². The summed E-state index contributed by atoms with van der Waals surface area (Å²) in [4.78, 5) is 0. The zero-order chi connectivity index (χ0) is 22.1. The quantitative estimate of drug-likeness (QED) is 0.612. The third-order valence-electron chi connectivity index (χ3n) is 5.05. The number of hydrogen-bond acceptors (Lipinski definition) is 6. The van der Waals surface area contributed by atoms with Crippen LogP contribution in [0.3, 0.4) is 0 Å². The zero-order valence-corrected chi connectivity index (χ0v) is 17.5. The van der Waals surface area contributed by atoms with Gasteiger partial charge in [0.25, 0.3) is 0 Å². The second-order valence-electron chi connectivity index (χ2n) is 6.93. The number of nitrogens with two attached hydrogens (primary N) is 1. The number of nitrogens with one attached hydrogen (secondary N) is 1. The Balaban J connectivity index is 1.68. The number of hydrogen-bond donors (Lipinski definition) is 2. The lowest BCUT2D eigenvalue weighted by Crippen LogP contribution is -2.21. The number of aromatic nitrogens is 2. The molecule has 2 aromatic carbocycles. The topological polar surface area (TPSA) is 106 Å². The van der Waals surface area contributed by atoms with Gasteiger partial charge in [0.15, 0.2) is 11.5 Å². The summed E-state index contributed by atoms with van der Waals surface area (Å²) in [5.41, 5.74) is 9.15. The molecule has 0 saturated heterocycles. The number of rotatable bonds is 5. The number of H-pyrrole nitrogens is 1. The fraction of sp³-hybridized carbons (Fsp3) is 0.182. The second-order valence-corrected chi connectivity index (χ2v) is 7.33. The summed E-state index contributed by atoms with van der Waals surface area (Å²) in [6, 6.07) is 11.6. The minimum Gasteiger partial charge on any atom is -0.493 e. The van der Waals surface area contributed by atoms with E-state index in [1.807, 2.05) is 13.0 Å². The Hall–Kier alpha value is -3.70. The monoisotopic (exact) mass is 440 g/mol. The van der Waals surface area contributed by atoms with Crippen molar-refractivity contribution in [2.24, 2.45) is 5.73 Å². The van der Waals surface area contributed by atoms with Gasteiger partial charge in [0.1, 0.15) is 24.1 Å². The number of methoxy groups -OCH3 is 1. The average Bonchev–Trinajstić information content (AvgIpc) is 3.12. The largest absolute Gasteiger partial charge is 0.493 e. The van der Waals surface area contributed by atoms with Crippen LogP contribution < -0.4 is 19.9 Å². The molecule has 0 unspecified atom stereocenters. The van der Waals surface area contributed by atoms with Crippen LogP contribution in [0.25, 0.3) is 0 Å². The van der Waals surface area contributed by atoms with Gasteiger partial charge in [-0.1, -0.05) is 23.7 Å². The summed E-state index contributed by atoms with van der Waals surface area (Å²) in [5, 5.41) is 17.0. The van der Waals surface area contributed by atoms with E-state index in [2.05, 4.69) is 16.3 Å². The fourth-order valence-corrected chi connectivity index (χ4v) is 3.73. The lowest BCUT2D eigenvalue weighted by molar-refractivity contribution is 0.284. The number of aromatic amines is 1. The Labute approximate surface area is 182 Å². The maximum Gasteiger partial charge on any atom is 0.244 e. The van der Waals surface area contributed by atoms with Crippen molar-refractivity contribution in [2.45, 2.75) is 19.4 Å². The van der Waals surface area contributed by atoms with Gasteiger partial charge in [-0.25, -0.2) is 4.39 Å². The highest BCUT2D eigenvalue weighted by molar-refractivity contribution is 6.31. The molecule has 0 bridgehead atoms. The molecule has 0 radical (unpaired) electrons. The van der Waals surface area contributed by atoms with Gasteiger partial charge in [-0.05, 0) is 36.8 Å². The first-order valence-corrected chi connectivity index (χ1v) is 9.67. The average molecular weight is 441 g/mol. The highest BCUT2D eigenvalue weighted by Gasteiger charge is 2.34. The molecule has 31 heavy (non-hydrogen) atoms. The SMILES string of the molecule is COc1cc([C@H]2C(C#N)=C(N)Oc3n[nH]c(C)c32)ccc1OCc1ccc(F)cc1Cl. The molecule has 9 heteroatoms. The van der Waals surface area contributed by atoms with E-state index in [-0.39, 0.29) is 23.1 Å². The van der Waals surface area contributed by atoms with E-state index in [4.69, 9.17) is 31.5 Å². The molecule has 7 nitrogen and oxygen atoms in total. The molecule has 0 saturated carbocycles. The van der Waals surface area contributed by atoms with Crippen molar-refractivity contribution in [1.29, 1.82) is 5.26 Å². The van der Waals surface area contributed by atoms with Crippen LogP contribution in [0.4, 0.5) is 4.39 Å². The molecule has 2 heterocycles. The summed E-state index contributed by atoms with van der Waals surface area (Å²) >= 11 is 6.07. The molecule has 0 spiro atoms. The number of halogens is 2. The summed E-state index contributed by atoms with van der Waals surface area (Å²) in [6.07, 6.45) is 0. The highest BCUT2D eigenvalue weighted by atomic mass is 35.5. The number of fused-ring (bicyclic) bond motifs is 1. The van der Waals surface area contributed by atoms with E-state index in [1.54, 1.807) is 18.2 Å². The summed E-state index contributed by atoms with van der Waals surface area (Å²) in [7, 11) is 1.52. The Morgan fingerprint density at radius 1 is 1.29 bits per heavy atom. The van der Waals surface area contributed by atoms with Crippen molar-refractivity contribution in [3.8, 4) is 23.4 Å². The van der Waals surface area contributed by atoms with Crippen LogP contribution in [0.15, 0.2) is 47.9 Å². The normalized spacial score (nSPS) is 15.1. The van der Waals surface area contributed by atoms with Crippen LogP contribution in [0.5, 0.6) is 17.4 Å². The van der Waals surface area contributed by atoms with Crippen molar-refractivity contribution < 1.29 is 18.6 Å². The van der Waals surface area contributed by atoms with Crippen molar-refractivity contribution in [1.82, 2.24) is 10.2 Å². The Morgan fingerprint density at radius 3 is 2.81 bits per heavy atom. The van der Waals surface area contributed by atoms with E-state index in [1.165, 1.54) is 19.2 Å². The van der Waals surface area contributed by atoms with Crippen LogP contribution in [0, 0.1) is 24.1 Å². The third-order valence-corrected chi connectivity index (χ3v) is 5.40. The number of nitriles is 1. The van der Waals surface area contributed by atoms with Crippen molar-refractivity contribution in [3.63, 3.8) is 0 Å². The maximum atomic E-state index is 13.3. The number of allylic oxidation sites excluding steroid dienone is 1. The minimum absolute atomic E-state index is 0.0109. The predicted molar refractivity (Wildman–Crippen MR) is 111 cm³/mol. The molecule has 4 rings (SSSR count). The number of benzene rings is 2. The highest BCUT2D eigenvalue weighted by Crippen LogP contribution is 2.44. The molecule has 158 valence electrons. The van der Waals surface area contributed by atoms with Gasteiger partial charge < -0.3 is 19.9 Å². The Kier molecular flexibility index (Phi) is 5.44. The lowest BCUT2D eigenvalue weighted by Gasteiger charge is -2.24. The van der Waals surface area contributed by atoms with Crippen LogP contribution >= 0.6 is 11.6 Å². The second kappa shape index (κ2) is 8.20. The van der Waals surface area contributed by atoms with E-state index in [9.17, 15) is 9.65 Å². The van der Waals surface area contributed by atoms with Crippen LogP contribution in [0.1, 0.15) is 28.3 Å². The summed E-state index contributed by atoms with van der Waals surface area (Å²) < 4.78 is 30.1. The fourth-order valence-electron chi connectivity index (χ4n) is 3.51. The van der Waals surface area contributed by atoms with Crippen molar-refractivity contribution >= 4 is 11.6 Å². The van der Waals surface area contributed by atoms with Crippen LogP contribution in [0.2, 0.25) is 5.02 Å². The first kappa shape index (κ1) is 20.6. The van der Waals surface area contributed by atoms with Crippen molar-refractivity contribution in [2.75, 3.05) is 7.11 Å². The number of nitrogens with zero attached hydrogens (tertiary/aromatic N) is 2. The van der Waals surface area contributed by atoms with E-state index in [0.717, 1.165) is 16.8 Å². The first-order valence-electron chi connectivity index (χ1n) is 9.30. The predicted octanol–water partition coefficient (Wildman–Crippen LogP) is 4.32. The molecule has 1 aliphatic heterocycles. The third kappa shape index (κ3) is 3.76. The van der Waals surface area contributed by atoms with Gasteiger partial charge in [-0.15, -0.1) is 5.10 Å². The zero-order valence-electron chi connectivity index (χ0n) is 16.7. The molecule has 3 N–H and O–H groups in total. The van der Waals surface area contributed by atoms with E-state index >= 15 is 0 Å². The van der Waals surface area contributed by atoms with E-state index in [0.29, 0.717) is 22.9 Å². The molecule has 0 fully saturated rings. The molecule has 3 aromatic rings. The first-order chi connectivity index (χ1) is 14.9. The standard InChI is InChI=1S/C22H18ClFN4O3/c1-11-19-20(15(9-25)21(26)31-22(19)28-27-11)12-4-6-17(18(7-12)29-2)30-10-13-3-5-14(24)8-16(13)23/h3-8,20H,10,26H2,1-2H3,(H,27,28)/t20-/m0/s1. The summed E-state index contributed by atoms with van der Waals surface area (Å²) in [6.45, 7) is 1.98. The Morgan fingerprint density at radius 2 is 2.10 bits per heavy atom. The molecule has 0 aliphatic carbocycles. The maximum absolute atomic E-state index is 13.3. The molecular formula is C22H18ClFN4O3. The van der Waals surface area contributed by atoms with Crippen LogP contribution in [-0.4, -0.2) is 17.3 Å². The Bertz CT molecular complexity index is 1230. The van der Waals surface area contributed by atoms with Gasteiger partial charge in [-0.3, -0.25) is 5.10 Å². The molecule has 1 aromatic heterocycles. The van der Waals surface area contributed by atoms with Gasteiger partial charge >= 0.3 is 0 Å². The van der Waals surface area contributed by atoms with Gasteiger partial charge in [0, 0.05) is 16.8 Å². The molecule has 1 atom stereocenters. The number of aryl methyl sites for hydroxylation is 1. The van der Waals surface area contributed by atoms with Gasteiger partial charge in [-0.2, -0.15) is 5.26 Å². The lowest BCUT2D eigenvalue weighted by atomic mass is 9.84. The van der Waals surface area contributed by atoms with Gasteiger partial charge in [0.05, 0.1) is 18.1 Å². The summed E-state index contributed by atoms with van der Waals surface area (Å²) in [5.74, 6) is 0.392. The van der Waals surface area contributed by atoms with Gasteiger partial charge in [0.2, 0.25) is 11.8 Å². The smallest absolute Gasteiger partial charge is 0.244 e. The van der Waals surface area contributed by atoms with Crippen LogP contribution in [-0.2, 0) is 6.61 Å². The molecule has 0 amide bonds. The molecule has 1 aliphatic rings. The minimum atomic E-state index is -0.470. The number of ether oxygens (including phenoxy) is 3. The molecular weight excluding hydrogens is 423 g/mol. The van der Waals surface area contributed by atoms with Crippen molar-refractivity contribution in [3.05, 3.63) is 81.1 Å².